The van der Waals surface area contributed by atoms with Crippen LogP contribution in [0.3, 0.4) is 0 Å². The van der Waals surface area contributed by atoms with E-state index >= 15 is 0 Å². The van der Waals surface area contributed by atoms with E-state index in [9.17, 15) is 9.59 Å². The fourth-order valence-corrected chi connectivity index (χ4v) is 1.40. The first kappa shape index (κ1) is 14.4. The molecular formula is C13H13N2O4+. The molecule has 1 heterocycles. The number of esters is 1. The van der Waals surface area contributed by atoms with Gasteiger partial charge in [0.2, 0.25) is 0 Å². The van der Waals surface area contributed by atoms with Crippen molar-refractivity contribution in [3.05, 3.63) is 42.2 Å². The third-order valence-corrected chi connectivity index (χ3v) is 2.25. The van der Waals surface area contributed by atoms with Gasteiger partial charge in [0, 0.05) is 18.2 Å². The summed E-state index contributed by atoms with van der Waals surface area (Å²) in [4.78, 5) is 22.7. The lowest BCUT2D eigenvalue weighted by Crippen LogP contribution is -2.42. The maximum absolute atomic E-state index is 11.4. The van der Waals surface area contributed by atoms with E-state index in [1.54, 1.807) is 31.2 Å². The topological polar surface area (TPSA) is 91.3 Å². The lowest BCUT2D eigenvalue weighted by atomic mass is 10.1. The van der Waals surface area contributed by atoms with Crippen LogP contribution in [0, 0.1) is 11.3 Å². The zero-order valence-corrected chi connectivity index (χ0v) is 10.3. The van der Waals surface area contributed by atoms with Gasteiger partial charge < -0.3 is 9.84 Å². The molecule has 0 spiro atoms. The highest BCUT2D eigenvalue weighted by Gasteiger charge is 2.27. The molecule has 98 valence electrons. The van der Waals surface area contributed by atoms with Gasteiger partial charge in [-0.3, -0.25) is 0 Å². The fourth-order valence-electron chi connectivity index (χ4n) is 1.40. The summed E-state index contributed by atoms with van der Waals surface area (Å²) in [6, 6.07) is 5.55. The first-order valence-corrected chi connectivity index (χ1v) is 5.57. The van der Waals surface area contributed by atoms with Gasteiger partial charge in [0.05, 0.1) is 6.61 Å². The number of pyridine rings is 1. The van der Waals surface area contributed by atoms with Crippen LogP contribution in [0.1, 0.15) is 13.0 Å². The van der Waals surface area contributed by atoms with E-state index < -0.39 is 18.0 Å². The van der Waals surface area contributed by atoms with Crippen molar-refractivity contribution in [3.8, 4) is 6.07 Å². The minimum absolute atomic E-state index is 0.119. The Bertz CT molecular complexity index is 531. The average molecular weight is 261 g/mol. The molecule has 0 bridgehead atoms. The molecule has 19 heavy (non-hydrogen) atoms. The monoisotopic (exact) mass is 261 g/mol. The molecule has 6 heteroatoms. The van der Waals surface area contributed by atoms with Crippen molar-refractivity contribution in [3.63, 3.8) is 0 Å². The molecular weight excluding hydrogens is 248 g/mol. The lowest BCUT2D eigenvalue weighted by molar-refractivity contribution is -0.700. The summed E-state index contributed by atoms with van der Waals surface area (Å²) in [6.45, 7) is 1.72. The highest BCUT2D eigenvalue weighted by atomic mass is 16.5. The van der Waals surface area contributed by atoms with Crippen molar-refractivity contribution in [2.45, 2.75) is 13.0 Å². The van der Waals surface area contributed by atoms with E-state index in [0.717, 1.165) is 6.08 Å². The van der Waals surface area contributed by atoms with Gasteiger partial charge in [-0.05, 0) is 6.92 Å². The van der Waals surface area contributed by atoms with Crippen LogP contribution < -0.4 is 4.57 Å². The van der Waals surface area contributed by atoms with Crippen molar-refractivity contribution < 1.29 is 24.0 Å². The summed E-state index contributed by atoms with van der Waals surface area (Å²) in [5.41, 5.74) is -0.328. The predicted molar refractivity (Wildman–Crippen MR) is 63.6 cm³/mol. The maximum Gasteiger partial charge on any atom is 0.377 e. The van der Waals surface area contributed by atoms with Gasteiger partial charge in [-0.1, -0.05) is 6.07 Å². The molecule has 1 aromatic rings. The van der Waals surface area contributed by atoms with E-state index in [2.05, 4.69) is 4.74 Å². The van der Waals surface area contributed by atoms with Crippen molar-refractivity contribution >= 4 is 11.9 Å². The van der Waals surface area contributed by atoms with E-state index in [1.807, 2.05) is 0 Å². The van der Waals surface area contributed by atoms with Crippen molar-refractivity contribution in [2.75, 3.05) is 6.61 Å². The fraction of sp³-hybridized carbons (Fsp3) is 0.231. The van der Waals surface area contributed by atoms with E-state index in [0.29, 0.717) is 0 Å². The number of nitrogens with zero attached hydrogens (tertiary/aromatic N) is 2. The molecule has 0 saturated heterocycles. The number of aromatic nitrogens is 1. The minimum atomic E-state index is -1.17. The molecule has 0 radical (unpaired) electrons. The molecule has 1 aromatic heterocycles. The number of nitriles is 1. The third kappa shape index (κ3) is 3.92. The molecule has 0 unspecified atom stereocenters. The Hall–Kier alpha value is -2.68. The largest absolute Gasteiger partial charge is 0.476 e. The zero-order valence-electron chi connectivity index (χ0n) is 10.3. The summed E-state index contributed by atoms with van der Waals surface area (Å²) in [7, 11) is 0. The van der Waals surface area contributed by atoms with Gasteiger partial charge in [0.25, 0.3) is 6.04 Å². The van der Waals surface area contributed by atoms with E-state index in [-0.39, 0.29) is 12.2 Å². The van der Waals surface area contributed by atoms with Gasteiger partial charge >= 0.3 is 11.9 Å². The van der Waals surface area contributed by atoms with Crippen molar-refractivity contribution in [2.24, 2.45) is 0 Å². The van der Waals surface area contributed by atoms with Crippen LogP contribution in [0.15, 0.2) is 42.2 Å². The number of rotatable bonds is 5. The summed E-state index contributed by atoms with van der Waals surface area (Å²) in [5.74, 6) is -2.00. The number of carbonyl (C=O) groups is 2. The van der Waals surface area contributed by atoms with Gasteiger partial charge in [0.15, 0.2) is 12.4 Å². The number of ether oxygens (including phenoxy) is 1. The number of hydrogen-bond acceptors (Lipinski definition) is 4. The molecule has 1 atom stereocenters. The van der Waals surface area contributed by atoms with Crippen LogP contribution in [-0.4, -0.2) is 23.7 Å². The number of aliphatic carboxylic acids is 1. The van der Waals surface area contributed by atoms with Crippen molar-refractivity contribution in [1.82, 2.24) is 0 Å². The minimum Gasteiger partial charge on any atom is -0.476 e. The second-order valence-corrected chi connectivity index (χ2v) is 3.52. The standard InChI is InChI=1S/C13H12N2O4/c1-2-19-13(18)10(9-14)8-11(12(16)17)15-6-4-3-5-7-15/h3-8,11H,2H2,1H3/p+1/b10-8+/t11-/m1/s1. The molecule has 6 nitrogen and oxygen atoms in total. The number of carboxylic acids is 1. The summed E-state index contributed by atoms with van der Waals surface area (Å²) in [5, 5.41) is 18.0. The molecule has 0 amide bonds. The predicted octanol–water partition coefficient (Wildman–Crippen LogP) is 0.613. The molecule has 0 aliphatic carbocycles. The zero-order chi connectivity index (χ0) is 14.3. The van der Waals surface area contributed by atoms with Crippen LogP contribution in [0.25, 0.3) is 0 Å². The Labute approximate surface area is 110 Å². The molecule has 1 rings (SSSR count). The quantitative estimate of drug-likeness (QED) is 0.363. The average Bonchev–Trinajstić information content (AvgIpc) is 2.40. The Morgan fingerprint density at radius 3 is 2.53 bits per heavy atom. The van der Waals surface area contributed by atoms with Crippen LogP contribution in [-0.2, 0) is 14.3 Å². The number of hydrogen-bond donors (Lipinski definition) is 1. The van der Waals surface area contributed by atoms with E-state index in [1.165, 1.54) is 17.0 Å². The molecule has 0 fully saturated rings. The molecule has 0 aliphatic rings. The highest BCUT2D eigenvalue weighted by molar-refractivity contribution is 5.93. The Morgan fingerprint density at radius 1 is 1.42 bits per heavy atom. The highest BCUT2D eigenvalue weighted by Crippen LogP contribution is 2.06. The third-order valence-electron chi connectivity index (χ3n) is 2.25. The van der Waals surface area contributed by atoms with Crippen LogP contribution in [0.5, 0.6) is 0 Å². The molecule has 1 N–H and O–H groups in total. The second kappa shape index (κ2) is 6.91. The SMILES string of the molecule is CCOC(=O)/C(C#N)=C/[C@H](C(=O)O)[n+]1ccccc1. The maximum atomic E-state index is 11.4. The molecule has 0 aromatic carbocycles. The van der Waals surface area contributed by atoms with Crippen LogP contribution in [0.2, 0.25) is 0 Å². The first-order valence-electron chi connectivity index (χ1n) is 5.57. The van der Waals surface area contributed by atoms with Crippen LogP contribution >= 0.6 is 0 Å². The van der Waals surface area contributed by atoms with Gasteiger partial charge in [-0.25, -0.2) is 9.59 Å². The first-order chi connectivity index (χ1) is 9.10. The normalized spacial score (nSPS) is 12.3. The van der Waals surface area contributed by atoms with Crippen LogP contribution in [0.4, 0.5) is 0 Å². The Morgan fingerprint density at radius 2 is 2.05 bits per heavy atom. The molecule has 0 aliphatic heterocycles. The number of carboxylic acid groups (broad SMARTS) is 1. The lowest BCUT2D eigenvalue weighted by Gasteiger charge is -2.04. The Kier molecular flexibility index (Phi) is 5.23. The van der Waals surface area contributed by atoms with Crippen molar-refractivity contribution in [1.29, 1.82) is 5.26 Å². The van der Waals surface area contributed by atoms with E-state index in [4.69, 9.17) is 10.4 Å². The van der Waals surface area contributed by atoms with Gasteiger partial charge in [-0.2, -0.15) is 9.83 Å². The summed E-state index contributed by atoms with van der Waals surface area (Å²) < 4.78 is 6.05. The van der Waals surface area contributed by atoms with Gasteiger partial charge in [-0.15, -0.1) is 0 Å². The summed E-state index contributed by atoms with van der Waals surface area (Å²) >= 11 is 0. The van der Waals surface area contributed by atoms with Gasteiger partial charge in [0.1, 0.15) is 11.6 Å². The number of carbonyl (C=O) groups excluding carboxylic acids is 1. The Balaban J connectivity index is 3.11. The second-order valence-electron chi connectivity index (χ2n) is 3.52. The summed E-state index contributed by atoms with van der Waals surface area (Å²) in [6.07, 6.45) is 4.14. The molecule has 0 saturated carbocycles. The smallest absolute Gasteiger partial charge is 0.377 e.